The van der Waals surface area contributed by atoms with E-state index >= 15 is 0 Å². The SMILES string of the molecule is O=C(O)C1(O)CCCN1Br. The van der Waals surface area contributed by atoms with Gasteiger partial charge in [0.25, 0.3) is 0 Å². The van der Waals surface area contributed by atoms with Gasteiger partial charge in [0.2, 0.25) is 5.72 Å². The fraction of sp³-hybridized carbons (Fsp3) is 0.800. The first-order chi connectivity index (χ1) is 4.57. The zero-order valence-corrected chi connectivity index (χ0v) is 6.84. The molecule has 0 aromatic carbocycles. The molecule has 0 spiro atoms. The Labute approximate surface area is 66.8 Å². The van der Waals surface area contributed by atoms with Crippen LogP contribution >= 0.6 is 16.1 Å². The highest BCUT2D eigenvalue weighted by Gasteiger charge is 2.45. The van der Waals surface area contributed by atoms with Gasteiger partial charge in [0.05, 0.1) is 0 Å². The Bertz CT molecular complexity index is 163. The Morgan fingerprint density at radius 3 is 2.50 bits per heavy atom. The third kappa shape index (κ3) is 1.04. The fourth-order valence-corrected chi connectivity index (χ4v) is 1.56. The zero-order valence-electron chi connectivity index (χ0n) is 5.25. The van der Waals surface area contributed by atoms with Crippen molar-refractivity contribution in [3.8, 4) is 0 Å². The van der Waals surface area contributed by atoms with Crippen molar-refractivity contribution in [1.29, 1.82) is 0 Å². The minimum Gasteiger partial charge on any atom is -0.478 e. The lowest BCUT2D eigenvalue weighted by Gasteiger charge is -2.22. The van der Waals surface area contributed by atoms with Crippen molar-refractivity contribution in [3.05, 3.63) is 0 Å². The summed E-state index contributed by atoms with van der Waals surface area (Å²) >= 11 is 2.96. The van der Waals surface area contributed by atoms with Gasteiger partial charge in [0, 0.05) is 29.1 Å². The second-order valence-corrected chi connectivity index (χ2v) is 3.17. The highest BCUT2D eigenvalue weighted by Crippen LogP contribution is 2.29. The second kappa shape index (κ2) is 2.48. The van der Waals surface area contributed by atoms with Crippen LogP contribution in [0.15, 0.2) is 0 Å². The Kier molecular flexibility index (Phi) is 1.98. The van der Waals surface area contributed by atoms with Crippen LogP contribution in [0.1, 0.15) is 12.8 Å². The predicted octanol–water partition coefficient (Wildman–Crippen LogP) is 0.165. The maximum absolute atomic E-state index is 10.4. The standard InChI is InChI=1S/C5H8BrNO3/c6-7-3-1-2-5(7,10)4(8)9/h10H,1-3H2,(H,8,9). The maximum atomic E-state index is 10.4. The van der Waals surface area contributed by atoms with Crippen LogP contribution in [0.5, 0.6) is 0 Å². The molecule has 1 unspecified atom stereocenters. The lowest BCUT2D eigenvalue weighted by molar-refractivity contribution is -0.166. The van der Waals surface area contributed by atoms with Gasteiger partial charge >= 0.3 is 5.97 Å². The zero-order chi connectivity index (χ0) is 7.78. The molecule has 0 bridgehead atoms. The molecule has 1 fully saturated rings. The monoisotopic (exact) mass is 209 g/mol. The van der Waals surface area contributed by atoms with Crippen molar-refractivity contribution in [1.82, 2.24) is 3.93 Å². The first-order valence-electron chi connectivity index (χ1n) is 2.96. The number of hydrogen-bond donors (Lipinski definition) is 2. The van der Waals surface area contributed by atoms with E-state index in [2.05, 4.69) is 16.1 Å². The van der Waals surface area contributed by atoms with Crippen molar-refractivity contribution >= 4 is 22.1 Å². The Hall–Kier alpha value is -0.130. The van der Waals surface area contributed by atoms with Gasteiger partial charge in [-0.1, -0.05) is 0 Å². The fourth-order valence-electron chi connectivity index (χ4n) is 0.981. The maximum Gasteiger partial charge on any atom is 0.352 e. The van der Waals surface area contributed by atoms with E-state index in [0.29, 0.717) is 13.0 Å². The van der Waals surface area contributed by atoms with Gasteiger partial charge in [-0.15, -0.1) is 0 Å². The number of carboxylic acids is 1. The molecular weight excluding hydrogens is 202 g/mol. The summed E-state index contributed by atoms with van der Waals surface area (Å²) in [4.78, 5) is 10.4. The molecular formula is C5H8BrNO3. The topological polar surface area (TPSA) is 60.8 Å². The lowest BCUT2D eigenvalue weighted by Crippen LogP contribution is -2.45. The average molecular weight is 210 g/mol. The van der Waals surface area contributed by atoms with E-state index in [1.54, 1.807) is 0 Å². The van der Waals surface area contributed by atoms with Gasteiger partial charge in [0.1, 0.15) is 0 Å². The summed E-state index contributed by atoms with van der Waals surface area (Å²) in [5, 5.41) is 17.8. The molecule has 10 heavy (non-hydrogen) atoms. The van der Waals surface area contributed by atoms with E-state index in [1.165, 1.54) is 3.93 Å². The number of hydrogen-bond acceptors (Lipinski definition) is 3. The molecule has 1 atom stereocenters. The first-order valence-corrected chi connectivity index (χ1v) is 3.67. The van der Waals surface area contributed by atoms with Crippen molar-refractivity contribution in [3.63, 3.8) is 0 Å². The number of carbonyl (C=O) groups is 1. The summed E-state index contributed by atoms with van der Waals surface area (Å²) < 4.78 is 1.27. The molecule has 0 amide bonds. The minimum atomic E-state index is -1.68. The first kappa shape index (κ1) is 7.97. The Morgan fingerprint density at radius 1 is 1.70 bits per heavy atom. The smallest absolute Gasteiger partial charge is 0.352 e. The van der Waals surface area contributed by atoms with E-state index in [1.807, 2.05) is 0 Å². The molecule has 0 saturated carbocycles. The average Bonchev–Trinajstić information content (AvgIpc) is 2.15. The summed E-state index contributed by atoms with van der Waals surface area (Å²) in [6, 6.07) is 0. The van der Waals surface area contributed by atoms with Crippen LogP contribution in [0.2, 0.25) is 0 Å². The van der Waals surface area contributed by atoms with Gasteiger partial charge in [-0.2, -0.15) is 0 Å². The largest absolute Gasteiger partial charge is 0.478 e. The summed E-state index contributed by atoms with van der Waals surface area (Å²) in [5.74, 6) is -1.19. The van der Waals surface area contributed by atoms with E-state index in [4.69, 9.17) is 5.11 Å². The number of aliphatic hydroxyl groups is 1. The van der Waals surface area contributed by atoms with Crippen molar-refractivity contribution < 1.29 is 15.0 Å². The molecule has 0 aromatic rings. The van der Waals surface area contributed by atoms with Gasteiger partial charge in [-0.25, -0.2) is 8.72 Å². The van der Waals surface area contributed by atoms with Crippen LogP contribution in [0, 0.1) is 0 Å². The molecule has 0 radical (unpaired) electrons. The van der Waals surface area contributed by atoms with Crippen LogP contribution in [-0.2, 0) is 4.79 Å². The molecule has 1 saturated heterocycles. The molecule has 1 heterocycles. The molecule has 0 aromatic heterocycles. The van der Waals surface area contributed by atoms with E-state index in [-0.39, 0.29) is 6.42 Å². The number of rotatable bonds is 1. The summed E-state index contributed by atoms with van der Waals surface area (Å²) in [6.45, 7) is 0.572. The van der Waals surface area contributed by atoms with Gasteiger partial charge in [0.15, 0.2) is 0 Å². The molecule has 1 aliphatic rings. The van der Waals surface area contributed by atoms with Gasteiger partial charge in [-0.3, -0.25) is 0 Å². The number of nitrogens with zero attached hydrogens (tertiary/aromatic N) is 1. The molecule has 0 aliphatic carbocycles. The number of aliphatic carboxylic acids is 1. The molecule has 5 heteroatoms. The normalized spacial score (nSPS) is 34.6. The summed E-state index contributed by atoms with van der Waals surface area (Å²) in [6.07, 6.45) is 0.988. The van der Waals surface area contributed by atoms with Crippen LogP contribution in [0.25, 0.3) is 0 Å². The van der Waals surface area contributed by atoms with Crippen molar-refractivity contribution in [2.45, 2.75) is 18.6 Å². The summed E-state index contributed by atoms with van der Waals surface area (Å²) in [7, 11) is 0. The van der Waals surface area contributed by atoms with E-state index in [0.717, 1.165) is 0 Å². The summed E-state index contributed by atoms with van der Waals surface area (Å²) in [5.41, 5.74) is -1.68. The highest BCUT2D eigenvalue weighted by molar-refractivity contribution is 9.07. The molecule has 2 N–H and O–H groups in total. The van der Waals surface area contributed by atoms with Crippen LogP contribution < -0.4 is 0 Å². The minimum absolute atomic E-state index is 0.285. The third-order valence-corrected chi connectivity index (χ3v) is 2.57. The quantitative estimate of drug-likeness (QED) is 0.605. The second-order valence-electron chi connectivity index (χ2n) is 2.31. The predicted molar refractivity (Wildman–Crippen MR) is 37.5 cm³/mol. The number of halogens is 1. The van der Waals surface area contributed by atoms with Crippen molar-refractivity contribution in [2.24, 2.45) is 0 Å². The van der Waals surface area contributed by atoms with Crippen LogP contribution in [0.4, 0.5) is 0 Å². The van der Waals surface area contributed by atoms with Gasteiger partial charge < -0.3 is 10.2 Å². The van der Waals surface area contributed by atoms with Gasteiger partial charge in [-0.05, 0) is 6.42 Å². The molecule has 58 valence electrons. The van der Waals surface area contributed by atoms with Crippen molar-refractivity contribution in [2.75, 3.05) is 6.54 Å². The van der Waals surface area contributed by atoms with E-state index < -0.39 is 11.7 Å². The Morgan fingerprint density at radius 2 is 2.30 bits per heavy atom. The number of carboxylic acid groups (broad SMARTS) is 1. The third-order valence-electron chi connectivity index (χ3n) is 1.62. The molecule has 1 rings (SSSR count). The lowest BCUT2D eigenvalue weighted by atomic mass is 10.2. The highest BCUT2D eigenvalue weighted by atomic mass is 79.9. The molecule has 1 aliphatic heterocycles. The Balaban J connectivity index is 2.75. The van der Waals surface area contributed by atoms with Crippen LogP contribution in [-0.4, -0.2) is 32.4 Å². The molecule has 4 nitrogen and oxygen atoms in total. The van der Waals surface area contributed by atoms with Crippen LogP contribution in [0.3, 0.4) is 0 Å². The van der Waals surface area contributed by atoms with E-state index in [9.17, 15) is 9.90 Å².